The molecular weight excluding hydrogens is 1060 g/mol. The van der Waals surface area contributed by atoms with Gasteiger partial charge in [0.1, 0.15) is 73.2 Å². The van der Waals surface area contributed by atoms with Crippen LogP contribution in [0.1, 0.15) is 239 Å². The molecule has 3 saturated heterocycles. The molecular formula is C63H117NO18. The number of hydrogen-bond donors (Lipinski definition) is 12. The maximum Gasteiger partial charge on any atom is 0.220 e. The second kappa shape index (κ2) is 46.4. The quantitative estimate of drug-likeness (QED) is 0.0213. The monoisotopic (exact) mass is 1180 g/mol. The molecule has 19 heteroatoms. The topological polar surface area (TPSA) is 307 Å². The van der Waals surface area contributed by atoms with Gasteiger partial charge in [0.2, 0.25) is 5.91 Å². The highest BCUT2D eigenvalue weighted by Crippen LogP contribution is 2.33. The van der Waals surface area contributed by atoms with Crippen LogP contribution in [-0.4, -0.2) is 193 Å². The van der Waals surface area contributed by atoms with Crippen LogP contribution in [0.2, 0.25) is 0 Å². The molecule has 19 nitrogen and oxygen atoms in total. The molecule has 0 aromatic heterocycles. The molecule has 3 heterocycles. The fraction of sp³-hybridized carbons (Fsp3) is 0.921. The van der Waals surface area contributed by atoms with Gasteiger partial charge in [-0.2, -0.15) is 0 Å². The number of carbonyl (C=O) groups is 1. The van der Waals surface area contributed by atoms with Gasteiger partial charge in [-0.05, 0) is 32.1 Å². The van der Waals surface area contributed by atoms with Gasteiger partial charge in [-0.15, -0.1) is 0 Å². The Morgan fingerprint density at radius 1 is 0.427 bits per heavy atom. The molecule has 17 atom stereocenters. The van der Waals surface area contributed by atoms with E-state index >= 15 is 0 Å². The minimum absolute atomic E-state index is 0.238. The fourth-order valence-electron chi connectivity index (χ4n) is 11.1. The van der Waals surface area contributed by atoms with Gasteiger partial charge >= 0.3 is 0 Å². The van der Waals surface area contributed by atoms with Crippen molar-refractivity contribution in [2.75, 3.05) is 26.4 Å². The number of hydrogen-bond acceptors (Lipinski definition) is 18. The number of allylic oxidation sites excluding steroid dienone is 3. The summed E-state index contributed by atoms with van der Waals surface area (Å²) in [6, 6.07) is -0.984. The van der Waals surface area contributed by atoms with E-state index in [-0.39, 0.29) is 18.9 Å². The second-order valence-electron chi connectivity index (χ2n) is 23.6. The molecule has 12 N–H and O–H groups in total. The Labute approximate surface area is 492 Å². The molecule has 1 amide bonds. The zero-order valence-electron chi connectivity index (χ0n) is 50.5. The maximum atomic E-state index is 13.2. The first-order valence-electron chi connectivity index (χ1n) is 32.6. The van der Waals surface area contributed by atoms with Crippen LogP contribution in [-0.2, 0) is 33.2 Å². The standard InChI is InChI=1S/C63H117NO18/c1-3-5-7-9-11-13-14-15-16-17-18-19-20-21-22-23-24-25-26-27-28-29-30-31-33-34-36-38-40-47(68)46(64-51(69)41-39-37-35-32-12-10-8-6-4-2)45-77-61-57(75)54(72)59(49(43-66)79-61)82-63-58(76)55(73)60(50(44-67)80-63)81-62-56(74)53(71)52(70)48(42-65)78-62/h31,33,38,40,46-50,52-63,65-68,70-76H,3-30,32,34-37,39,41-45H2,1-2H3,(H,64,69)/b33-31+,40-38+. The van der Waals surface area contributed by atoms with Gasteiger partial charge in [-0.1, -0.05) is 224 Å². The molecule has 3 fully saturated rings. The van der Waals surface area contributed by atoms with Crippen molar-refractivity contribution in [3.8, 4) is 0 Å². The van der Waals surface area contributed by atoms with Crippen molar-refractivity contribution in [3.05, 3.63) is 24.3 Å². The van der Waals surface area contributed by atoms with Crippen molar-refractivity contribution in [2.24, 2.45) is 0 Å². The van der Waals surface area contributed by atoms with Crippen LogP contribution in [0, 0.1) is 0 Å². The van der Waals surface area contributed by atoms with Crippen LogP contribution in [0.15, 0.2) is 24.3 Å². The highest BCUT2D eigenvalue weighted by atomic mass is 16.8. The van der Waals surface area contributed by atoms with Gasteiger partial charge in [0.25, 0.3) is 0 Å². The summed E-state index contributed by atoms with van der Waals surface area (Å²) in [6.45, 7) is 1.69. The van der Waals surface area contributed by atoms with Crippen LogP contribution in [0.5, 0.6) is 0 Å². The lowest BCUT2D eigenvalue weighted by atomic mass is 9.96. The molecule has 17 unspecified atom stereocenters. The molecule has 0 aliphatic carbocycles. The Bertz CT molecular complexity index is 1590. The van der Waals surface area contributed by atoms with E-state index in [0.29, 0.717) is 12.8 Å². The predicted molar refractivity (Wildman–Crippen MR) is 314 cm³/mol. The van der Waals surface area contributed by atoms with Crippen molar-refractivity contribution < 1.29 is 89.4 Å². The molecule has 0 saturated carbocycles. The lowest BCUT2D eigenvalue weighted by Crippen LogP contribution is -2.66. The number of amides is 1. The SMILES string of the molecule is CCCCCCCCCCCCCCCCCCCCCCCC/C=C/CC/C=C/C(O)C(COC1OC(CO)C(OC2OC(CO)C(OC3OC(CO)C(O)C(O)C3O)C(O)C2O)C(O)C1O)NC(=O)CCCCCCCCCCC. The number of ether oxygens (including phenoxy) is 6. The fourth-order valence-corrected chi connectivity index (χ4v) is 11.1. The Balaban J connectivity index is 1.41. The zero-order valence-corrected chi connectivity index (χ0v) is 50.5. The summed E-state index contributed by atoms with van der Waals surface area (Å²) >= 11 is 0. The zero-order chi connectivity index (χ0) is 59.7. The molecule has 3 rings (SSSR count). The summed E-state index contributed by atoms with van der Waals surface area (Å²) < 4.78 is 34.2. The molecule has 82 heavy (non-hydrogen) atoms. The van der Waals surface area contributed by atoms with Gasteiger partial charge < -0.3 is 89.9 Å². The average molecular weight is 1180 g/mol. The first kappa shape index (κ1) is 74.5. The Hall–Kier alpha value is -1.73. The summed E-state index contributed by atoms with van der Waals surface area (Å²) in [6.07, 6.45) is 23.5. The number of unbranched alkanes of at least 4 members (excludes halogenated alkanes) is 31. The molecule has 3 aliphatic heterocycles. The van der Waals surface area contributed by atoms with Crippen LogP contribution in [0.25, 0.3) is 0 Å². The van der Waals surface area contributed by atoms with Crippen LogP contribution in [0.4, 0.5) is 0 Å². The highest BCUT2D eigenvalue weighted by molar-refractivity contribution is 5.76. The van der Waals surface area contributed by atoms with E-state index in [2.05, 4.69) is 31.3 Å². The third kappa shape index (κ3) is 29.3. The molecule has 0 aromatic rings. The van der Waals surface area contributed by atoms with Crippen LogP contribution >= 0.6 is 0 Å². The van der Waals surface area contributed by atoms with E-state index in [1.54, 1.807) is 6.08 Å². The van der Waals surface area contributed by atoms with Crippen molar-refractivity contribution >= 4 is 5.91 Å². The molecule has 482 valence electrons. The minimum atomic E-state index is -1.98. The first-order chi connectivity index (χ1) is 39.8. The third-order valence-electron chi connectivity index (χ3n) is 16.5. The molecule has 3 aliphatic rings. The van der Waals surface area contributed by atoms with E-state index in [1.807, 2.05) is 6.08 Å². The summed E-state index contributed by atoms with van der Waals surface area (Å²) in [7, 11) is 0. The summed E-state index contributed by atoms with van der Waals surface area (Å²) in [5, 5.41) is 120. The smallest absolute Gasteiger partial charge is 0.220 e. The van der Waals surface area contributed by atoms with Gasteiger partial charge in [-0.3, -0.25) is 4.79 Å². The van der Waals surface area contributed by atoms with Crippen molar-refractivity contribution in [1.82, 2.24) is 5.32 Å². The average Bonchev–Trinajstić information content (AvgIpc) is 3.49. The lowest BCUT2D eigenvalue weighted by molar-refractivity contribution is -0.379. The van der Waals surface area contributed by atoms with E-state index in [1.165, 1.54) is 167 Å². The minimum Gasteiger partial charge on any atom is -0.394 e. The van der Waals surface area contributed by atoms with Gasteiger partial charge in [0.15, 0.2) is 18.9 Å². The van der Waals surface area contributed by atoms with Crippen molar-refractivity contribution in [2.45, 2.75) is 343 Å². The summed E-state index contributed by atoms with van der Waals surface area (Å²) in [5.74, 6) is -0.288. The van der Waals surface area contributed by atoms with Gasteiger partial charge in [0, 0.05) is 6.42 Å². The molecule has 0 spiro atoms. The van der Waals surface area contributed by atoms with E-state index < -0.39 is 124 Å². The van der Waals surface area contributed by atoms with Crippen molar-refractivity contribution in [3.63, 3.8) is 0 Å². The normalized spacial score (nSPS) is 29.7. The third-order valence-corrected chi connectivity index (χ3v) is 16.5. The van der Waals surface area contributed by atoms with Crippen molar-refractivity contribution in [1.29, 1.82) is 0 Å². The summed E-state index contributed by atoms with van der Waals surface area (Å²) in [4.78, 5) is 13.2. The first-order valence-corrected chi connectivity index (χ1v) is 32.6. The molecule has 0 bridgehead atoms. The summed E-state index contributed by atoms with van der Waals surface area (Å²) in [5.41, 5.74) is 0. The Morgan fingerprint density at radius 2 is 0.780 bits per heavy atom. The van der Waals surface area contributed by atoms with Gasteiger partial charge in [-0.25, -0.2) is 0 Å². The Kier molecular flexibility index (Phi) is 42.2. The maximum absolute atomic E-state index is 13.2. The second-order valence-corrected chi connectivity index (χ2v) is 23.6. The molecule has 0 aromatic carbocycles. The van der Waals surface area contributed by atoms with E-state index in [4.69, 9.17) is 28.4 Å². The lowest BCUT2D eigenvalue weighted by Gasteiger charge is -2.48. The number of nitrogens with one attached hydrogen (secondary N) is 1. The highest BCUT2D eigenvalue weighted by Gasteiger charge is 2.53. The number of aliphatic hydroxyl groups excluding tert-OH is 11. The Morgan fingerprint density at radius 3 is 1.22 bits per heavy atom. The largest absolute Gasteiger partial charge is 0.394 e. The molecule has 0 radical (unpaired) electrons. The number of aliphatic hydroxyl groups is 11. The number of carbonyl (C=O) groups excluding carboxylic acids is 1. The number of rotatable bonds is 49. The van der Waals surface area contributed by atoms with E-state index in [0.717, 1.165) is 38.5 Å². The van der Waals surface area contributed by atoms with Crippen LogP contribution < -0.4 is 5.32 Å². The predicted octanol–water partition coefficient (Wildman–Crippen LogP) is 7.10. The van der Waals surface area contributed by atoms with Gasteiger partial charge in [0.05, 0.1) is 38.6 Å². The van der Waals surface area contributed by atoms with E-state index in [9.17, 15) is 61.0 Å². The van der Waals surface area contributed by atoms with Crippen LogP contribution in [0.3, 0.4) is 0 Å².